The van der Waals surface area contributed by atoms with Crippen molar-refractivity contribution in [2.24, 2.45) is 0 Å². The van der Waals surface area contributed by atoms with Gasteiger partial charge >= 0.3 is 0 Å². The second kappa shape index (κ2) is 6.50. The summed E-state index contributed by atoms with van der Waals surface area (Å²) in [6, 6.07) is 23.2. The van der Waals surface area contributed by atoms with Crippen molar-refractivity contribution in [3.63, 3.8) is 0 Å². The second-order valence-corrected chi connectivity index (χ2v) is 7.52. The van der Waals surface area contributed by atoms with E-state index in [1.807, 2.05) is 72.8 Å². The van der Waals surface area contributed by atoms with Crippen molar-refractivity contribution in [3.8, 4) is 11.5 Å². The van der Waals surface area contributed by atoms with Crippen LogP contribution in [0.3, 0.4) is 0 Å². The predicted octanol–water partition coefficient (Wildman–Crippen LogP) is 3.87. The quantitative estimate of drug-likeness (QED) is 0.735. The van der Waals surface area contributed by atoms with Gasteiger partial charge in [-0.3, -0.25) is 4.79 Å². The molecule has 0 spiro atoms. The van der Waals surface area contributed by atoms with Crippen LogP contribution in [-0.2, 0) is 16.8 Å². The highest BCUT2D eigenvalue weighted by Gasteiger charge is 2.38. The van der Waals surface area contributed by atoms with Gasteiger partial charge in [-0.1, -0.05) is 60.7 Å². The number of nitrogens with one attached hydrogen (secondary N) is 1. The Balaban J connectivity index is 1.44. The number of hydrogen-bond donors (Lipinski definition) is 2. The van der Waals surface area contributed by atoms with E-state index in [1.165, 1.54) is 0 Å². The van der Waals surface area contributed by atoms with Gasteiger partial charge in [0.2, 0.25) is 5.91 Å². The Labute approximate surface area is 163 Å². The maximum Gasteiger partial charge on any atom is 0.232 e. The molecule has 0 radical (unpaired) electrons. The van der Waals surface area contributed by atoms with Gasteiger partial charge in [0.25, 0.3) is 0 Å². The molecule has 28 heavy (non-hydrogen) atoms. The first-order chi connectivity index (χ1) is 13.7. The number of amides is 1. The predicted molar refractivity (Wildman–Crippen MR) is 106 cm³/mol. The van der Waals surface area contributed by atoms with Crippen LogP contribution in [0.5, 0.6) is 11.5 Å². The Bertz CT molecular complexity index is 1020. The molecule has 5 rings (SSSR count). The third kappa shape index (κ3) is 2.69. The lowest BCUT2D eigenvalue weighted by Crippen LogP contribution is -2.41. The lowest BCUT2D eigenvalue weighted by molar-refractivity contribution is -0.123. The lowest BCUT2D eigenvalue weighted by atomic mass is 9.87. The van der Waals surface area contributed by atoms with Gasteiger partial charge in [0, 0.05) is 11.1 Å². The van der Waals surface area contributed by atoms with Crippen LogP contribution in [-0.4, -0.2) is 17.6 Å². The highest BCUT2D eigenvalue weighted by Crippen LogP contribution is 2.44. The molecule has 2 aliphatic rings. The third-order valence-corrected chi connectivity index (χ3v) is 5.82. The number of aryl methyl sites for hydroxylation is 1. The van der Waals surface area contributed by atoms with Crippen LogP contribution < -0.4 is 10.1 Å². The fraction of sp³-hybridized carbons (Fsp3) is 0.208. The molecular formula is C24H21NO3. The Kier molecular flexibility index (Phi) is 3.95. The first-order valence-corrected chi connectivity index (χ1v) is 9.60. The number of fused-ring (bicyclic) bond motifs is 3. The van der Waals surface area contributed by atoms with Crippen LogP contribution in [0.15, 0.2) is 72.8 Å². The molecule has 0 aromatic heterocycles. The minimum atomic E-state index is -1.02. The Morgan fingerprint density at radius 2 is 1.57 bits per heavy atom. The van der Waals surface area contributed by atoms with Gasteiger partial charge in [-0.25, -0.2) is 0 Å². The van der Waals surface area contributed by atoms with Crippen LogP contribution >= 0.6 is 0 Å². The lowest BCUT2D eigenvalue weighted by Gasteiger charge is -2.29. The van der Waals surface area contributed by atoms with Crippen molar-refractivity contribution < 1.29 is 14.6 Å². The van der Waals surface area contributed by atoms with Crippen molar-refractivity contribution >= 4 is 5.91 Å². The smallest absolute Gasteiger partial charge is 0.232 e. The molecule has 1 amide bonds. The molecule has 0 saturated heterocycles. The summed E-state index contributed by atoms with van der Waals surface area (Å²) in [5.41, 5.74) is 2.75. The second-order valence-electron chi connectivity index (χ2n) is 7.52. The minimum absolute atomic E-state index is 0.124. The Morgan fingerprint density at radius 1 is 0.964 bits per heavy atom. The third-order valence-electron chi connectivity index (χ3n) is 5.82. The van der Waals surface area contributed by atoms with Gasteiger partial charge in [0.15, 0.2) is 0 Å². The van der Waals surface area contributed by atoms with E-state index in [0.29, 0.717) is 17.9 Å². The first kappa shape index (κ1) is 17.0. The topological polar surface area (TPSA) is 58.6 Å². The maximum absolute atomic E-state index is 13.3. The number of para-hydroxylation sites is 2. The van der Waals surface area contributed by atoms with Crippen LogP contribution in [0, 0.1) is 0 Å². The van der Waals surface area contributed by atoms with Crippen LogP contribution in [0.2, 0.25) is 0 Å². The highest BCUT2D eigenvalue weighted by atomic mass is 16.5. The first-order valence-electron chi connectivity index (χ1n) is 9.60. The molecule has 4 heteroatoms. The van der Waals surface area contributed by atoms with Gasteiger partial charge in [0.1, 0.15) is 17.1 Å². The zero-order valence-corrected chi connectivity index (χ0v) is 15.4. The number of rotatable bonds is 3. The fourth-order valence-corrected chi connectivity index (χ4v) is 4.38. The van der Waals surface area contributed by atoms with Crippen molar-refractivity contribution in [3.05, 3.63) is 95.1 Å². The van der Waals surface area contributed by atoms with E-state index in [0.717, 1.165) is 28.7 Å². The Morgan fingerprint density at radius 3 is 2.29 bits per heavy atom. The number of carbonyl (C=O) groups excluding carboxylic acids is 1. The molecule has 1 aliphatic heterocycles. The van der Waals surface area contributed by atoms with Crippen molar-refractivity contribution in [2.45, 2.75) is 24.4 Å². The van der Waals surface area contributed by atoms with E-state index in [1.54, 1.807) is 0 Å². The van der Waals surface area contributed by atoms with E-state index >= 15 is 0 Å². The Hall–Kier alpha value is -3.11. The number of ether oxygens (including phenoxy) is 1. The fourth-order valence-electron chi connectivity index (χ4n) is 4.38. The summed E-state index contributed by atoms with van der Waals surface area (Å²) in [5, 5.41) is 14.2. The molecular weight excluding hydrogens is 350 g/mol. The summed E-state index contributed by atoms with van der Waals surface area (Å²) in [6.45, 7) is 0.199. The van der Waals surface area contributed by atoms with E-state index in [2.05, 4.69) is 5.32 Å². The molecule has 0 unspecified atom stereocenters. The molecule has 140 valence electrons. The summed E-state index contributed by atoms with van der Waals surface area (Å²) in [7, 11) is 0. The number of benzene rings is 3. The zero-order chi connectivity index (χ0) is 19.1. The van der Waals surface area contributed by atoms with E-state index in [-0.39, 0.29) is 12.5 Å². The molecule has 0 bridgehead atoms. The van der Waals surface area contributed by atoms with Crippen LogP contribution in [0.4, 0.5) is 0 Å². The normalized spacial score (nSPS) is 19.9. The summed E-state index contributed by atoms with van der Waals surface area (Å²) >= 11 is 0. The van der Waals surface area contributed by atoms with Gasteiger partial charge in [-0.15, -0.1) is 0 Å². The molecule has 3 aromatic carbocycles. The largest absolute Gasteiger partial charge is 0.457 e. The average molecular weight is 371 g/mol. The monoisotopic (exact) mass is 371 g/mol. The van der Waals surface area contributed by atoms with E-state index in [9.17, 15) is 9.90 Å². The van der Waals surface area contributed by atoms with Gasteiger partial charge in [-0.05, 0) is 36.1 Å². The molecule has 1 aliphatic carbocycles. The standard InChI is InChI=1S/C24H21NO3/c26-23(25-15-24(27)14-13-16-7-1-4-10-19(16)24)22-17-8-2-5-11-20(17)28-21-12-6-3-9-18(21)22/h1-12,22,27H,13-15H2,(H,25,26)/t24-/m0/s1. The van der Waals surface area contributed by atoms with Gasteiger partial charge in [0.05, 0.1) is 12.5 Å². The molecule has 0 saturated carbocycles. The molecule has 3 aromatic rings. The number of aliphatic hydroxyl groups is 1. The molecule has 1 atom stereocenters. The summed E-state index contributed by atoms with van der Waals surface area (Å²) in [4.78, 5) is 13.3. The summed E-state index contributed by atoms with van der Waals surface area (Å²) in [6.07, 6.45) is 1.44. The highest BCUT2D eigenvalue weighted by molar-refractivity contribution is 5.89. The minimum Gasteiger partial charge on any atom is -0.457 e. The van der Waals surface area contributed by atoms with Gasteiger partial charge < -0.3 is 15.2 Å². The molecule has 2 N–H and O–H groups in total. The maximum atomic E-state index is 13.3. The number of carbonyl (C=O) groups is 1. The van der Waals surface area contributed by atoms with Crippen molar-refractivity contribution in [1.29, 1.82) is 0 Å². The molecule has 0 fully saturated rings. The average Bonchev–Trinajstić information content (AvgIpc) is 3.08. The van der Waals surface area contributed by atoms with Gasteiger partial charge in [-0.2, -0.15) is 0 Å². The zero-order valence-electron chi connectivity index (χ0n) is 15.4. The number of hydrogen-bond acceptors (Lipinski definition) is 3. The van der Waals surface area contributed by atoms with E-state index < -0.39 is 11.5 Å². The van der Waals surface area contributed by atoms with Crippen molar-refractivity contribution in [2.75, 3.05) is 6.54 Å². The van der Waals surface area contributed by atoms with Crippen LogP contribution in [0.25, 0.3) is 0 Å². The SMILES string of the molecule is O=C(NC[C@@]1(O)CCc2ccccc21)C1c2ccccc2Oc2ccccc21. The summed E-state index contributed by atoms with van der Waals surface area (Å²) < 4.78 is 5.97. The molecule has 4 nitrogen and oxygen atoms in total. The van der Waals surface area contributed by atoms with E-state index in [4.69, 9.17) is 4.74 Å². The van der Waals surface area contributed by atoms with Crippen molar-refractivity contribution in [1.82, 2.24) is 5.32 Å². The van der Waals surface area contributed by atoms with Crippen LogP contribution in [0.1, 0.15) is 34.6 Å². The summed E-state index contributed by atoms with van der Waals surface area (Å²) in [5.74, 6) is 0.819. The molecule has 1 heterocycles.